The quantitative estimate of drug-likeness (QED) is 0.505. The van der Waals surface area contributed by atoms with Crippen molar-refractivity contribution in [3.8, 4) is 0 Å². The highest BCUT2D eigenvalue weighted by Crippen LogP contribution is 2.15. The molecule has 0 heterocycles. The van der Waals surface area contributed by atoms with Crippen LogP contribution in [0.3, 0.4) is 0 Å². The fourth-order valence-corrected chi connectivity index (χ4v) is 1.53. The van der Waals surface area contributed by atoms with Gasteiger partial charge in [-0.05, 0) is 24.7 Å². The molecule has 0 aromatic carbocycles. The summed E-state index contributed by atoms with van der Waals surface area (Å²) in [7, 11) is 0. The predicted molar refractivity (Wildman–Crippen MR) is 63.6 cm³/mol. The zero-order valence-electron chi connectivity index (χ0n) is 10.5. The van der Waals surface area contributed by atoms with E-state index in [1.807, 2.05) is 0 Å². The van der Waals surface area contributed by atoms with E-state index in [0.717, 1.165) is 31.5 Å². The van der Waals surface area contributed by atoms with Gasteiger partial charge in [0, 0.05) is 13.2 Å². The summed E-state index contributed by atoms with van der Waals surface area (Å²) in [5, 5.41) is 0. The minimum Gasteiger partial charge on any atom is -0.381 e. The van der Waals surface area contributed by atoms with Crippen molar-refractivity contribution in [1.29, 1.82) is 0 Å². The van der Waals surface area contributed by atoms with Gasteiger partial charge in [0.05, 0.1) is 0 Å². The number of ether oxygens (including phenoxy) is 1. The second kappa shape index (κ2) is 9.51. The van der Waals surface area contributed by atoms with Crippen LogP contribution in [0.15, 0.2) is 0 Å². The molecular weight excluding hydrogens is 172 g/mol. The average Bonchev–Trinajstić information content (AvgIpc) is 2.18. The van der Waals surface area contributed by atoms with E-state index >= 15 is 0 Å². The van der Waals surface area contributed by atoms with E-state index in [1.54, 1.807) is 0 Å². The molecular formula is C13H28O. The lowest BCUT2D eigenvalue weighted by Gasteiger charge is -2.13. The maximum Gasteiger partial charge on any atom is 0.0491 e. The summed E-state index contributed by atoms with van der Waals surface area (Å²) in [6.45, 7) is 11.0. The molecule has 86 valence electrons. The Morgan fingerprint density at radius 1 is 1.00 bits per heavy atom. The van der Waals surface area contributed by atoms with Crippen molar-refractivity contribution in [2.45, 2.75) is 59.8 Å². The third kappa shape index (κ3) is 8.55. The van der Waals surface area contributed by atoms with Gasteiger partial charge in [-0.2, -0.15) is 0 Å². The monoisotopic (exact) mass is 200 g/mol. The minimum atomic E-state index is 0.741. The van der Waals surface area contributed by atoms with Gasteiger partial charge in [-0.25, -0.2) is 0 Å². The first-order valence-corrected chi connectivity index (χ1v) is 6.28. The summed E-state index contributed by atoms with van der Waals surface area (Å²) in [5.41, 5.74) is 0. The van der Waals surface area contributed by atoms with Gasteiger partial charge in [0.15, 0.2) is 0 Å². The normalized spacial score (nSPS) is 15.4. The Balaban J connectivity index is 3.21. The number of hydrogen-bond acceptors (Lipinski definition) is 1. The van der Waals surface area contributed by atoms with Crippen molar-refractivity contribution >= 4 is 0 Å². The molecule has 0 radical (unpaired) electrons. The lowest BCUT2D eigenvalue weighted by molar-refractivity contribution is 0.101. The van der Waals surface area contributed by atoms with Crippen molar-refractivity contribution < 1.29 is 4.74 Å². The van der Waals surface area contributed by atoms with Gasteiger partial charge in [0.2, 0.25) is 0 Å². The first-order chi connectivity index (χ1) is 6.70. The first-order valence-electron chi connectivity index (χ1n) is 6.28. The molecule has 2 unspecified atom stereocenters. The third-order valence-electron chi connectivity index (χ3n) is 2.84. The molecule has 0 amide bonds. The van der Waals surface area contributed by atoms with Crippen LogP contribution >= 0.6 is 0 Å². The summed E-state index contributed by atoms with van der Waals surface area (Å²) < 4.78 is 5.53. The van der Waals surface area contributed by atoms with Crippen LogP contribution in [0.4, 0.5) is 0 Å². The van der Waals surface area contributed by atoms with Crippen LogP contribution in [0.5, 0.6) is 0 Å². The van der Waals surface area contributed by atoms with E-state index in [1.165, 1.54) is 25.7 Å². The van der Waals surface area contributed by atoms with Crippen LogP contribution in [0.2, 0.25) is 0 Å². The Labute approximate surface area is 90.2 Å². The molecule has 0 aromatic heterocycles. The zero-order valence-corrected chi connectivity index (χ0v) is 10.5. The van der Waals surface area contributed by atoms with E-state index in [-0.39, 0.29) is 0 Å². The van der Waals surface area contributed by atoms with Crippen molar-refractivity contribution in [2.75, 3.05) is 13.2 Å². The van der Waals surface area contributed by atoms with Gasteiger partial charge >= 0.3 is 0 Å². The maximum absolute atomic E-state index is 5.53. The van der Waals surface area contributed by atoms with Crippen LogP contribution in [0, 0.1) is 11.8 Å². The second-order valence-corrected chi connectivity index (χ2v) is 4.62. The molecule has 0 aliphatic carbocycles. The molecule has 14 heavy (non-hydrogen) atoms. The second-order valence-electron chi connectivity index (χ2n) is 4.62. The van der Waals surface area contributed by atoms with Crippen LogP contribution in [0.25, 0.3) is 0 Å². The largest absolute Gasteiger partial charge is 0.381 e. The standard InChI is InChI=1S/C13H28O/c1-5-10-14-11-13(4)9-7-8-12(3)6-2/h12-13H,5-11H2,1-4H3. The Morgan fingerprint density at radius 2 is 1.64 bits per heavy atom. The molecule has 0 saturated heterocycles. The highest BCUT2D eigenvalue weighted by molar-refractivity contribution is 4.55. The molecule has 2 atom stereocenters. The molecule has 0 aromatic rings. The molecule has 0 N–H and O–H groups in total. The fourth-order valence-electron chi connectivity index (χ4n) is 1.53. The van der Waals surface area contributed by atoms with E-state index in [0.29, 0.717) is 0 Å². The van der Waals surface area contributed by atoms with Crippen molar-refractivity contribution in [1.82, 2.24) is 0 Å². The summed E-state index contributed by atoms with van der Waals surface area (Å²) in [6.07, 6.45) is 6.54. The molecule has 0 fully saturated rings. The van der Waals surface area contributed by atoms with E-state index in [4.69, 9.17) is 4.74 Å². The van der Waals surface area contributed by atoms with Gasteiger partial charge in [-0.1, -0.05) is 47.0 Å². The summed E-state index contributed by atoms with van der Waals surface area (Å²) >= 11 is 0. The summed E-state index contributed by atoms with van der Waals surface area (Å²) in [6, 6.07) is 0. The van der Waals surface area contributed by atoms with Gasteiger partial charge in [0.25, 0.3) is 0 Å². The van der Waals surface area contributed by atoms with E-state index in [2.05, 4.69) is 27.7 Å². The SMILES string of the molecule is CCCOCC(C)CCCC(C)CC. The Kier molecular flexibility index (Phi) is 9.49. The highest BCUT2D eigenvalue weighted by atomic mass is 16.5. The van der Waals surface area contributed by atoms with Crippen molar-refractivity contribution in [3.63, 3.8) is 0 Å². The fraction of sp³-hybridized carbons (Fsp3) is 1.00. The van der Waals surface area contributed by atoms with Gasteiger partial charge in [-0.3, -0.25) is 0 Å². The topological polar surface area (TPSA) is 9.23 Å². The smallest absolute Gasteiger partial charge is 0.0491 e. The Bertz CT molecular complexity index is 112. The van der Waals surface area contributed by atoms with Crippen LogP contribution in [0.1, 0.15) is 59.8 Å². The van der Waals surface area contributed by atoms with Crippen molar-refractivity contribution in [2.24, 2.45) is 11.8 Å². The Hall–Kier alpha value is -0.0400. The number of rotatable bonds is 9. The lowest BCUT2D eigenvalue weighted by atomic mass is 9.97. The molecule has 0 bridgehead atoms. The lowest BCUT2D eigenvalue weighted by Crippen LogP contribution is -2.07. The number of hydrogen-bond donors (Lipinski definition) is 0. The third-order valence-corrected chi connectivity index (χ3v) is 2.84. The first kappa shape index (κ1) is 14.0. The molecule has 0 spiro atoms. The molecule has 0 saturated carbocycles. The van der Waals surface area contributed by atoms with Crippen LogP contribution < -0.4 is 0 Å². The van der Waals surface area contributed by atoms with Crippen LogP contribution in [-0.2, 0) is 4.74 Å². The van der Waals surface area contributed by atoms with E-state index < -0.39 is 0 Å². The summed E-state index contributed by atoms with van der Waals surface area (Å²) in [5.74, 6) is 1.64. The van der Waals surface area contributed by atoms with Gasteiger partial charge < -0.3 is 4.74 Å². The molecule has 0 aliphatic rings. The minimum absolute atomic E-state index is 0.741. The highest BCUT2D eigenvalue weighted by Gasteiger charge is 2.04. The van der Waals surface area contributed by atoms with E-state index in [9.17, 15) is 0 Å². The molecule has 1 heteroatoms. The van der Waals surface area contributed by atoms with Crippen molar-refractivity contribution in [3.05, 3.63) is 0 Å². The molecule has 0 aliphatic heterocycles. The average molecular weight is 200 g/mol. The summed E-state index contributed by atoms with van der Waals surface area (Å²) in [4.78, 5) is 0. The molecule has 0 rings (SSSR count). The van der Waals surface area contributed by atoms with Gasteiger partial charge in [0.1, 0.15) is 0 Å². The van der Waals surface area contributed by atoms with Gasteiger partial charge in [-0.15, -0.1) is 0 Å². The molecule has 1 nitrogen and oxygen atoms in total. The maximum atomic E-state index is 5.53. The Morgan fingerprint density at radius 3 is 2.21 bits per heavy atom. The van der Waals surface area contributed by atoms with Crippen LogP contribution in [-0.4, -0.2) is 13.2 Å². The predicted octanol–water partition coefficient (Wildman–Crippen LogP) is 4.27. The zero-order chi connectivity index (χ0) is 10.8.